The molecule has 0 unspecified atom stereocenters. The van der Waals surface area contributed by atoms with Crippen LogP contribution < -0.4 is 0 Å². The molecule has 0 aliphatic carbocycles. The molecule has 5 aromatic carbocycles. The first kappa shape index (κ1) is 37.4. The van der Waals surface area contributed by atoms with Crippen LogP contribution in [0.4, 0.5) is 0 Å². The number of aryl methyl sites for hydroxylation is 4. The van der Waals surface area contributed by atoms with Crippen molar-refractivity contribution < 1.29 is 0 Å². The zero-order valence-electron chi connectivity index (χ0n) is 32.9. The summed E-state index contributed by atoms with van der Waals surface area (Å²) in [5.41, 5.74) is 17.5. The number of benzene rings is 5. The summed E-state index contributed by atoms with van der Waals surface area (Å²) in [7, 11) is -4.02. The van der Waals surface area contributed by atoms with Gasteiger partial charge in [0.1, 0.15) is 16.1 Å². The summed E-state index contributed by atoms with van der Waals surface area (Å²) in [6, 6.07) is 20.9. The van der Waals surface area contributed by atoms with Gasteiger partial charge in [0.25, 0.3) is 0 Å². The fraction of sp³-hybridized carbons (Fsp3) is 0.375. The van der Waals surface area contributed by atoms with Gasteiger partial charge in [-0.3, -0.25) is 0 Å². The summed E-state index contributed by atoms with van der Waals surface area (Å²) < 4.78 is 0. The third kappa shape index (κ3) is 6.43. The van der Waals surface area contributed by atoms with Crippen molar-refractivity contribution >= 4 is 59.2 Å². The topological polar surface area (TPSA) is 0 Å². The van der Waals surface area contributed by atoms with E-state index in [4.69, 9.17) is 0 Å². The monoisotopic (exact) mass is 690 g/mol. The minimum absolute atomic E-state index is 0.527. The van der Waals surface area contributed by atoms with Crippen LogP contribution >= 0.6 is 0 Å². The van der Waals surface area contributed by atoms with E-state index in [-0.39, 0.29) is 0 Å². The van der Waals surface area contributed by atoms with E-state index in [9.17, 15) is 0 Å². The number of allylic oxidation sites excluding steroid dienone is 2. The Hall–Kier alpha value is -3.83. The fourth-order valence-corrected chi connectivity index (χ4v) is 16.1. The molecule has 50 heavy (non-hydrogen) atoms. The predicted molar refractivity (Wildman–Crippen MR) is 231 cm³/mol. The lowest BCUT2D eigenvalue weighted by molar-refractivity contribution is 0.909. The third-order valence-electron chi connectivity index (χ3n) is 12.2. The highest BCUT2D eigenvalue weighted by Crippen LogP contribution is 2.40. The van der Waals surface area contributed by atoms with Crippen molar-refractivity contribution in [2.24, 2.45) is 0 Å². The first-order chi connectivity index (χ1) is 23.6. The summed E-state index contributed by atoms with van der Waals surface area (Å²) >= 11 is 0. The van der Waals surface area contributed by atoms with Gasteiger partial charge < -0.3 is 0 Å². The summed E-state index contributed by atoms with van der Waals surface area (Å²) in [6.07, 6.45) is 4.23. The zero-order chi connectivity index (χ0) is 36.7. The maximum Gasteiger partial charge on any atom is 0.147 e. The number of hydrogen-bond acceptors (Lipinski definition) is 0. The summed E-state index contributed by atoms with van der Waals surface area (Å²) in [5, 5.41) is 10.4. The lowest BCUT2D eigenvalue weighted by Gasteiger charge is -2.33. The highest BCUT2D eigenvalue weighted by atomic mass is 28.3. The Morgan fingerprint density at radius 2 is 0.800 bits per heavy atom. The second-order valence-electron chi connectivity index (χ2n) is 16.2. The minimum atomic E-state index is -2.01. The molecule has 0 bridgehead atoms. The molecule has 0 radical (unpaired) electrons. The highest BCUT2D eigenvalue weighted by Gasteiger charge is 2.38. The van der Waals surface area contributed by atoms with Crippen molar-refractivity contribution in [1.82, 2.24) is 0 Å². The third-order valence-corrected chi connectivity index (χ3v) is 23.6. The molecule has 0 nitrogen and oxygen atoms in total. The molecule has 5 aromatic rings. The van der Waals surface area contributed by atoms with Gasteiger partial charge in [-0.2, -0.15) is 0 Å². The fourth-order valence-electron chi connectivity index (χ4n) is 8.55. The van der Waals surface area contributed by atoms with E-state index in [1.54, 1.807) is 0 Å². The molecule has 2 heteroatoms. The van der Waals surface area contributed by atoms with E-state index < -0.39 is 16.1 Å². The normalized spacial score (nSPS) is 12.3. The first-order valence-corrected chi connectivity index (χ1v) is 23.5. The second kappa shape index (κ2) is 14.4. The molecule has 0 aliphatic heterocycles. The van der Waals surface area contributed by atoms with Gasteiger partial charge in [0.15, 0.2) is 0 Å². The van der Waals surface area contributed by atoms with E-state index in [2.05, 4.69) is 180 Å². The lowest BCUT2D eigenvalue weighted by Crippen LogP contribution is -2.39. The van der Waals surface area contributed by atoms with Crippen LogP contribution in [0.3, 0.4) is 0 Å². The van der Waals surface area contributed by atoms with Gasteiger partial charge in [-0.15, -0.1) is 24.2 Å². The van der Waals surface area contributed by atoms with Crippen LogP contribution in [0.15, 0.2) is 73.8 Å². The minimum Gasteiger partial charge on any atom is -0.125 e. The van der Waals surface area contributed by atoms with Crippen LogP contribution in [0.5, 0.6) is 0 Å². The van der Waals surface area contributed by atoms with E-state index in [1.165, 1.54) is 65.3 Å². The molecule has 0 heterocycles. The van der Waals surface area contributed by atoms with Gasteiger partial charge in [-0.1, -0.05) is 91.5 Å². The Bertz CT molecular complexity index is 2090. The molecule has 0 saturated heterocycles. The maximum atomic E-state index is 4.18. The van der Waals surface area contributed by atoms with Crippen LogP contribution in [0.2, 0.25) is 34.3 Å². The van der Waals surface area contributed by atoms with E-state index in [1.807, 2.05) is 0 Å². The van der Waals surface area contributed by atoms with E-state index in [0.717, 1.165) is 23.2 Å². The van der Waals surface area contributed by atoms with Crippen LogP contribution in [-0.2, 0) is 0 Å². The average Bonchev–Trinajstić information content (AvgIpc) is 3.06. The molecule has 0 amide bonds. The van der Waals surface area contributed by atoms with Crippen molar-refractivity contribution in [3.05, 3.63) is 107 Å². The van der Waals surface area contributed by atoms with Crippen molar-refractivity contribution in [1.29, 1.82) is 0 Å². The van der Waals surface area contributed by atoms with E-state index >= 15 is 0 Å². The molecule has 258 valence electrons. The van der Waals surface area contributed by atoms with Gasteiger partial charge in [-0.05, 0) is 164 Å². The van der Waals surface area contributed by atoms with Crippen molar-refractivity contribution in [3.63, 3.8) is 0 Å². The number of rotatable bonds is 8. The predicted octanol–water partition coefficient (Wildman–Crippen LogP) is 14.2. The van der Waals surface area contributed by atoms with Crippen molar-refractivity contribution in [2.45, 2.75) is 117 Å². The van der Waals surface area contributed by atoms with Crippen LogP contribution in [-0.4, -0.2) is 16.1 Å². The van der Waals surface area contributed by atoms with Crippen molar-refractivity contribution in [3.8, 4) is 22.9 Å². The molecule has 0 spiro atoms. The SMILES string of the molecule is C=CC[Si](C#Cc1c(C#C[Si](CC=C)(C(C)C)C(C)C)c(C)c2cc3cc4cc5c(C)ccc(C)c5cc4cc3cc2c1C)(C(C)C)C(C)C. The largest absolute Gasteiger partial charge is 0.147 e. The Kier molecular flexibility index (Phi) is 10.8. The molecule has 0 N–H and O–H groups in total. The Balaban J connectivity index is 1.89. The van der Waals surface area contributed by atoms with Gasteiger partial charge in [0.05, 0.1) is 0 Å². The molecular weight excluding hydrogens is 633 g/mol. The number of hydrogen-bond donors (Lipinski definition) is 0. The summed E-state index contributed by atoms with van der Waals surface area (Å²) in [6.45, 7) is 36.3. The maximum absolute atomic E-state index is 4.18. The Morgan fingerprint density at radius 3 is 1.08 bits per heavy atom. The highest BCUT2D eigenvalue weighted by molar-refractivity contribution is 6.90. The summed E-state index contributed by atoms with van der Waals surface area (Å²) in [5.74, 6) is 7.79. The first-order valence-electron chi connectivity index (χ1n) is 18.7. The molecule has 0 aromatic heterocycles. The van der Waals surface area contributed by atoms with Gasteiger partial charge in [-0.25, -0.2) is 0 Å². The van der Waals surface area contributed by atoms with Gasteiger partial charge >= 0.3 is 0 Å². The van der Waals surface area contributed by atoms with Crippen LogP contribution in [0, 0.1) is 50.6 Å². The molecule has 0 saturated carbocycles. The quantitative estimate of drug-likeness (QED) is 0.0658. The Labute approximate surface area is 305 Å². The zero-order valence-corrected chi connectivity index (χ0v) is 34.9. The Morgan fingerprint density at radius 1 is 0.500 bits per heavy atom. The average molecular weight is 691 g/mol. The van der Waals surface area contributed by atoms with E-state index in [0.29, 0.717) is 22.2 Å². The smallest absolute Gasteiger partial charge is 0.125 e. The van der Waals surface area contributed by atoms with Crippen LogP contribution in [0.25, 0.3) is 43.1 Å². The molecule has 0 fully saturated rings. The van der Waals surface area contributed by atoms with Crippen molar-refractivity contribution in [2.75, 3.05) is 0 Å². The molecular formula is C48H58Si2. The summed E-state index contributed by atoms with van der Waals surface area (Å²) in [4.78, 5) is 0. The molecule has 5 rings (SSSR count). The van der Waals surface area contributed by atoms with Crippen LogP contribution in [0.1, 0.15) is 88.8 Å². The number of fused-ring (bicyclic) bond motifs is 4. The molecule has 0 aliphatic rings. The second-order valence-corrected chi connectivity index (χ2v) is 26.3. The standard InChI is InChI=1S/C48H58Si2/c1-15-21-49(31(3)4,32(5)6)23-19-43-37(13)47-29-41-25-39-27-45-35(11)17-18-36(12)46(45)28-40(39)26-42(41)30-48(47)38(14)44(43)20-24-50(22-16-2,33(7)8)34(9)10/h15-18,25-34H,1-2,21-22H2,3-14H3. The van der Waals surface area contributed by atoms with Gasteiger partial charge in [0.2, 0.25) is 0 Å². The lowest BCUT2D eigenvalue weighted by atomic mass is 9.88. The van der Waals surface area contributed by atoms with Gasteiger partial charge in [0, 0.05) is 11.1 Å². The molecule has 0 atom stereocenters.